The number of nitrogens with zero attached hydrogens (tertiary/aromatic N) is 4. The number of aromatic nitrogens is 4. The second-order valence-corrected chi connectivity index (χ2v) is 28.1. The third-order valence-corrected chi connectivity index (χ3v) is 22.0. The number of hydrogen-bond acceptors (Lipinski definition) is 2. The molecule has 0 amide bonds. The van der Waals surface area contributed by atoms with Crippen molar-refractivity contribution < 1.29 is 86.6 Å². The van der Waals surface area contributed by atoms with Gasteiger partial charge in [-0.3, -0.25) is 4.57 Å². The van der Waals surface area contributed by atoms with Gasteiger partial charge in [-0.1, -0.05) is 262 Å². The maximum absolute atomic E-state index is 10.6. The summed E-state index contributed by atoms with van der Waals surface area (Å²) in [5, 5.41) is 5.85. The van der Waals surface area contributed by atoms with E-state index in [-0.39, 0.29) is 54.7 Å². The SMILES string of the molecule is [2H]c1c([2H])c2c(c([2H])c1-c1cc(C([2H])([2H])[2H])cc(-c3c([2H])c([2H])c4c(c3[2H])C(C([2H])([2H])[2H])(C([2H])([2H])[2H])C([2H])([2H])C([2H])([2H])C4(C([2H])([2H])[2H])C([2H])([2H])[2H])c1-[n+]1[c-]n(-c3[c-]c(Oc4[c-]c5c(cc4)c4cc([Si](c6ccccc6)(c6ccccc6)c6ccccc6)ccc4n5-c4cc(C(C)(C)C)ccn4)ccc3)c3ccccc31)C(C([2H])([2H])[2H])(C([2H])([2H])[2H])C([2H])([2H])C([2H])([2H])C2(C([2H])([2H])[2H])C([2H])([2H])[2H].[Pt]. The predicted octanol–water partition coefficient (Wildman–Crippen LogP) is 18.6. The van der Waals surface area contributed by atoms with Crippen LogP contribution in [0.25, 0.3) is 72.3 Å². The number of pyridine rings is 1. The summed E-state index contributed by atoms with van der Waals surface area (Å²) in [6, 6.07) is 50.6. The Kier molecular flexibility index (Phi) is 7.77. The van der Waals surface area contributed by atoms with Crippen molar-refractivity contribution in [2.75, 3.05) is 0 Å². The molecular weight excluding hydrogens is 1340 g/mol. The Morgan fingerprint density at radius 3 is 1.66 bits per heavy atom. The van der Waals surface area contributed by atoms with Crippen molar-refractivity contribution in [3.05, 3.63) is 282 Å². The smallest absolute Gasteiger partial charge is 0.268 e. The topological polar surface area (TPSA) is 35.9 Å². The summed E-state index contributed by atoms with van der Waals surface area (Å²) in [6.45, 7) is -34.9. The molecule has 10 aromatic carbocycles. The van der Waals surface area contributed by atoms with Crippen LogP contribution in [0.2, 0.25) is 0 Å². The molecule has 0 fully saturated rings. The molecule has 5 nitrogen and oxygen atoms in total. The van der Waals surface area contributed by atoms with Gasteiger partial charge in [0.2, 0.25) is 0 Å². The molecule has 0 spiro atoms. The minimum absolute atomic E-state index is 0. The zero-order valence-corrected chi connectivity index (χ0v) is 53.8. The van der Waals surface area contributed by atoms with Crippen molar-refractivity contribution in [2.24, 2.45) is 0 Å². The zero-order chi connectivity index (χ0) is 99.3. The molecule has 0 atom stereocenters. The number of aryl methyl sites for hydroxylation is 1. The fourth-order valence-electron chi connectivity index (χ4n) is 12.8. The van der Waals surface area contributed by atoms with Crippen LogP contribution in [-0.2, 0) is 48.1 Å². The number of hydrogen-bond donors (Lipinski definition) is 0. The standard InChI is InChI=1S/C87H82N4OSi.Pt/c1-58-49-70(59-35-40-73-75(51-59)86(9,10)46-44-84(73,5)6)82(71(50-58)60-36-41-74-76(52-60)87(11,12)47-45-85(74,7)8)90-57-89(78-33-22-23-34-79(78)90)62-25-24-26-63(54-62)92-64-37-39-69-72-56-68(38-42-77(72)91(80(69)55-64)81-53-61(43-48-88-81)83(2,3)4)93(65-27-16-13-17-28-65,66-29-18-14-19-30-66)67-31-20-15-21-32-67;/h13-43,48-53,56H,44-47H2,1-12H3;/q-2;/i1D3,5D3,6D3,7D3,8D3,9D3,10D3,11D3,12D3,35D,36D,40D,41D,44D2,45D2,46D2,47D2,51D,52D;. The maximum atomic E-state index is 10.6. The minimum Gasteiger partial charge on any atom is -0.510 e. The molecule has 2 aliphatic carbocycles. The van der Waals surface area contributed by atoms with Gasteiger partial charge in [-0.2, -0.15) is 18.2 Å². The maximum Gasteiger partial charge on any atom is 0.268 e. The van der Waals surface area contributed by atoms with E-state index in [4.69, 9.17) is 26.2 Å². The van der Waals surface area contributed by atoms with Crippen molar-refractivity contribution in [3.63, 3.8) is 0 Å². The fraction of sp³-hybridized carbons (Fsp3) is 0.241. The van der Waals surface area contributed by atoms with Crippen molar-refractivity contribution in [1.82, 2.24) is 14.1 Å². The Morgan fingerprint density at radius 1 is 0.543 bits per heavy atom. The molecule has 0 saturated carbocycles. The van der Waals surface area contributed by atoms with E-state index in [9.17, 15) is 39.8 Å². The van der Waals surface area contributed by atoms with Crippen LogP contribution < -0.4 is 30.1 Å². The quantitative estimate of drug-likeness (QED) is 0.0560. The van der Waals surface area contributed by atoms with Crippen molar-refractivity contribution in [1.29, 1.82) is 0 Å². The number of fused-ring (bicyclic) bond motifs is 6. The molecule has 2 aliphatic rings. The predicted molar refractivity (Wildman–Crippen MR) is 388 cm³/mol. The number of ether oxygens (including phenoxy) is 1. The van der Waals surface area contributed by atoms with E-state index in [1.54, 1.807) is 12.3 Å². The third kappa shape index (κ3) is 10.6. The van der Waals surface area contributed by atoms with Crippen molar-refractivity contribution in [2.45, 2.75) is 135 Å². The number of imidazole rings is 1. The Hall–Kier alpha value is -8.67. The molecule has 0 aliphatic heterocycles. The van der Waals surface area contributed by atoms with Gasteiger partial charge in [0.1, 0.15) is 5.82 Å². The van der Waals surface area contributed by atoms with E-state index in [0.29, 0.717) is 28.9 Å². The molecule has 94 heavy (non-hydrogen) atoms. The van der Waals surface area contributed by atoms with Gasteiger partial charge in [-0.25, -0.2) is 4.98 Å². The minimum atomic E-state index is -4.98. The van der Waals surface area contributed by atoms with Crippen LogP contribution in [0.3, 0.4) is 0 Å². The molecule has 0 bridgehead atoms. The van der Waals surface area contributed by atoms with Crippen molar-refractivity contribution >= 4 is 61.7 Å². The summed E-state index contributed by atoms with van der Waals surface area (Å²) in [5.74, 6) is 0.470. The Bertz CT molecular complexity index is 6570. The van der Waals surface area contributed by atoms with E-state index >= 15 is 0 Å². The van der Waals surface area contributed by atoms with Crippen LogP contribution in [0.1, 0.15) is 191 Å². The van der Waals surface area contributed by atoms with Gasteiger partial charge in [0.15, 0.2) is 8.07 Å². The summed E-state index contributed by atoms with van der Waals surface area (Å²) >= 11 is 0. The van der Waals surface area contributed by atoms with Gasteiger partial charge < -0.3 is 13.9 Å². The molecule has 0 N–H and O–H groups in total. The first kappa shape index (κ1) is 31.3. The molecule has 7 heteroatoms. The molecule has 0 saturated heterocycles. The molecular formula is C87H82N4OPtSi-2. The zero-order valence-electron chi connectivity index (χ0n) is 91.5. The van der Waals surface area contributed by atoms with Crippen LogP contribution in [0.5, 0.6) is 11.5 Å². The van der Waals surface area contributed by atoms with Gasteiger partial charge in [0, 0.05) is 92.3 Å². The first-order valence-electron chi connectivity index (χ1n) is 50.2. The van der Waals surface area contributed by atoms with Gasteiger partial charge in [0.25, 0.3) is 6.33 Å². The van der Waals surface area contributed by atoms with E-state index < -0.39 is 209 Å². The summed E-state index contributed by atoms with van der Waals surface area (Å²) in [5.41, 5.74) is -34.2. The molecule has 0 radical (unpaired) electrons. The van der Waals surface area contributed by atoms with Crippen LogP contribution in [0.15, 0.2) is 231 Å². The summed E-state index contributed by atoms with van der Waals surface area (Å²) < 4.78 is 395. The number of benzene rings is 10. The summed E-state index contributed by atoms with van der Waals surface area (Å²) in [6.07, 6.45) is -15.0. The fourth-order valence-corrected chi connectivity index (χ4v) is 17.5. The molecule has 0 unspecified atom stereocenters. The Balaban J connectivity index is 0.0000146. The molecule has 472 valence electrons. The average molecular weight is 1460 g/mol. The monoisotopic (exact) mass is 1460 g/mol. The third-order valence-electron chi connectivity index (χ3n) is 17.2. The van der Waals surface area contributed by atoms with E-state index in [2.05, 4.69) is 93.8 Å². The first-order valence-corrected chi connectivity index (χ1v) is 31.7. The van der Waals surface area contributed by atoms with Crippen LogP contribution >= 0.6 is 0 Å². The van der Waals surface area contributed by atoms with Gasteiger partial charge >= 0.3 is 0 Å². The van der Waals surface area contributed by atoms with Gasteiger partial charge in [-0.05, 0) is 160 Å². The molecule has 15 rings (SSSR count). The summed E-state index contributed by atoms with van der Waals surface area (Å²) in [4.78, 5) is 4.95. The van der Waals surface area contributed by atoms with Crippen LogP contribution in [0, 0.1) is 25.3 Å². The number of para-hydroxylation sites is 2. The number of rotatable bonds is 11. The van der Waals surface area contributed by atoms with Gasteiger partial charge in [0.05, 0.1) is 24.9 Å². The molecule has 3 heterocycles. The normalized spacial score (nSPS) is 25.3. The molecule has 3 aromatic heterocycles. The average Bonchev–Trinajstić information content (AvgIpc) is 0.915. The summed E-state index contributed by atoms with van der Waals surface area (Å²) in [7, 11) is -3.20. The van der Waals surface area contributed by atoms with E-state index in [1.165, 1.54) is 47.0 Å². The Morgan fingerprint density at radius 2 is 1.10 bits per heavy atom. The van der Waals surface area contributed by atoms with Crippen molar-refractivity contribution in [3.8, 4) is 50.9 Å². The first-order chi connectivity index (χ1) is 61.4. The largest absolute Gasteiger partial charge is 0.510 e. The van der Waals surface area contributed by atoms with Gasteiger partial charge in [-0.15, -0.1) is 29.7 Å². The second kappa shape index (κ2) is 23.4. The van der Waals surface area contributed by atoms with Crippen LogP contribution in [-0.4, -0.2) is 22.2 Å². The van der Waals surface area contributed by atoms with E-state index in [1.807, 2.05) is 77.4 Å². The molecule has 13 aromatic rings. The van der Waals surface area contributed by atoms with Crippen LogP contribution in [0.4, 0.5) is 0 Å². The Labute approximate surface area is 629 Å². The van der Waals surface area contributed by atoms with E-state index in [0.717, 1.165) is 41.8 Å². The second-order valence-electron chi connectivity index (χ2n) is 24.3.